The highest BCUT2D eigenvalue weighted by Gasteiger charge is 2.30. The fraction of sp³-hybridized carbons (Fsp3) is 0.316. The van der Waals surface area contributed by atoms with Crippen molar-refractivity contribution in [2.75, 3.05) is 13.2 Å². The Labute approximate surface area is 148 Å². The first-order chi connectivity index (χ1) is 12.4. The minimum Gasteiger partial charge on any atom is -0.457 e. The van der Waals surface area contributed by atoms with Gasteiger partial charge in [-0.3, -0.25) is 4.79 Å². The van der Waals surface area contributed by atoms with Crippen LogP contribution in [0.2, 0.25) is 0 Å². The molecule has 138 valence electrons. The molecule has 2 aromatic carbocycles. The summed E-state index contributed by atoms with van der Waals surface area (Å²) in [5, 5.41) is 2.79. The van der Waals surface area contributed by atoms with Crippen LogP contribution in [0, 0.1) is 0 Å². The molecule has 1 N–H and O–H groups in total. The molecule has 0 unspecified atom stereocenters. The Morgan fingerprint density at radius 3 is 2.58 bits per heavy atom. The van der Waals surface area contributed by atoms with Gasteiger partial charge in [-0.1, -0.05) is 12.1 Å². The predicted molar refractivity (Wildman–Crippen MR) is 89.3 cm³/mol. The first-order valence-electron chi connectivity index (χ1n) is 8.27. The average Bonchev–Trinajstić information content (AvgIpc) is 3.13. The fourth-order valence-electron chi connectivity index (χ4n) is 2.69. The fourth-order valence-corrected chi connectivity index (χ4v) is 2.69. The summed E-state index contributed by atoms with van der Waals surface area (Å²) in [6.07, 6.45) is -2.51. The van der Waals surface area contributed by atoms with Gasteiger partial charge in [0.2, 0.25) is 0 Å². The van der Waals surface area contributed by atoms with Crippen LogP contribution in [0.4, 0.5) is 13.2 Å². The van der Waals surface area contributed by atoms with E-state index in [9.17, 15) is 18.0 Å². The van der Waals surface area contributed by atoms with E-state index in [-0.39, 0.29) is 23.5 Å². The number of hydrogen-bond acceptors (Lipinski definition) is 3. The van der Waals surface area contributed by atoms with Gasteiger partial charge in [0, 0.05) is 18.7 Å². The molecule has 0 bridgehead atoms. The quantitative estimate of drug-likeness (QED) is 0.854. The summed E-state index contributed by atoms with van der Waals surface area (Å²) < 4.78 is 49.2. The second-order valence-electron chi connectivity index (χ2n) is 6.00. The van der Waals surface area contributed by atoms with Gasteiger partial charge in [-0.05, 0) is 49.2 Å². The van der Waals surface area contributed by atoms with Crippen LogP contribution >= 0.6 is 0 Å². The Bertz CT molecular complexity index is 771. The second kappa shape index (κ2) is 7.78. The number of hydrogen-bond donors (Lipinski definition) is 1. The molecule has 7 heteroatoms. The monoisotopic (exact) mass is 365 g/mol. The number of carbonyl (C=O) groups is 1. The maximum Gasteiger partial charge on any atom is 0.416 e. The van der Waals surface area contributed by atoms with Crippen LogP contribution in [0.25, 0.3) is 0 Å². The van der Waals surface area contributed by atoms with E-state index < -0.39 is 11.7 Å². The maximum atomic E-state index is 12.8. The van der Waals surface area contributed by atoms with Crippen molar-refractivity contribution in [2.45, 2.75) is 25.1 Å². The van der Waals surface area contributed by atoms with E-state index in [1.807, 2.05) is 0 Å². The molecule has 2 aromatic rings. The second-order valence-corrected chi connectivity index (χ2v) is 6.00. The summed E-state index contributed by atoms with van der Waals surface area (Å²) in [5.74, 6) is 0.0563. The third-order valence-electron chi connectivity index (χ3n) is 4.01. The summed E-state index contributed by atoms with van der Waals surface area (Å²) in [5.41, 5.74) is -0.423. The first-order valence-corrected chi connectivity index (χ1v) is 8.27. The molecule has 0 spiro atoms. The van der Waals surface area contributed by atoms with Crippen molar-refractivity contribution in [3.63, 3.8) is 0 Å². The normalized spacial score (nSPS) is 17.1. The zero-order valence-corrected chi connectivity index (χ0v) is 13.9. The zero-order chi connectivity index (χ0) is 18.6. The number of alkyl halides is 3. The minimum absolute atomic E-state index is 0.0310. The Balaban J connectivity index is 1.66. The number of rotatable bonds is 5. The zero-order valence-electron chi connectivity index (χ0n) is 13.9. The average molecular weight is 365 g/mol. The van der Waals surface area contributed by atoms with Crippen molar-refractivity contribution in [3.8, 4) is 11.5 Å². The van der Waals surface area contributed by atoms with Gasteiger partial charge < -0.3 is 14.8 Å². The Morgan fingerprint density at radius 2 is 1.88 bits per heavy atom. The predicted octanol–water partition coefficient (Wildman–Crippen LogP) is 4.41. The van der Waals surface area contributed by atoms with E-state index in [1.54, 1.807) is 18.2 Å². The topological polar surface area (TPSA) is 47.6 Å². The van der Waals surface area contributed by atoms with Gasteiger partial charge in [0.25, 0.3) is 5.91 Å². The van der Waals surface area contributed by atoms with Crippen molar-refractivity contribution >= 4 is 5.91 Å². The lowest BCUT2D eigenvalue weighted by molar-refractivity contribution is -0.137. The standard InChI is InChI=1S/C19H18F3NO3/c20-19(21,22)14-5-2-7-16(11-14)26-15-6-1-4-13(10-15)18(24)23-12-17-8-3-9-25-17/h1-2,4-7,10-11,17H,3,8-9,12H2,(H,23,24)/t17-/m0/s1. The van der Waals surface area contributed by atoms with Gasteiger partial charge >= 0.3 is 6.18 Å². The molecule has 0 saturated carbocycles. The summed E-state index contributed by atoms with van der Waals surface area (Å²) in [6.45, 7) is 1.14. The molecule has 1 fully saturated rings. The molecule has 0 aliphatic carbocycles. The highest BCUT2D eigenvalue weighted by atomic mass is 19.4. The molecule has 4 nitrogen and oxygen atoms in total. The molecule has 1 aliphatic rings. The van der Waals surface area contributed by atoms with Crippen molar-refractivity contribution in [2.24, 2.45) is 0 Å². The highest BCUT2D eigenvalue weighted by molar-refractivity contribution is 5.94. The van der Waals surface area contributed by atoms with Crippen LogP contribution in [-0.4, -0.2) is 25.2 Å². The van der Waals surface area contributed by atoms with Gasteiger partial charge in [0.15, 0.2) is 0 Å². The lowest BCUT2D eigenvalue weighted by Crippen LogP contribution is -2.31. The van der Waals surface area contributed by atoms with Gasteiger partial charge in [-0.15, -0.1) is 0 Å². The lowest BCUT2D eigenvalue weighted by Gasteiger charge is -2.12. The number of ether oxygens (including phenoxy) is 2. The molecule has 1 aliphatic heterocycles. The highest BCUT2D eigenvalue weighted by Crippen LogP contribution is 2.32. The van der Waals surface area contributed by atoms with Crippen LogP contribution < -0.4 is 10.1 Å². The van der Waals surface area contributed by atoms with Crippen molar-refractivity contribution in [3.05, 3.63) is 59.7 Å². The molecular weight excluding hydrogens is 347 g/mol. The smallest absolute Gasteiger partial charge is 0.416 e. The van der Waals surface area contributed by atoms with Gasteiger partial charge in [-0.2, -0.15) is 13.2 Å². The molecular formula is C19H18F3NO3. The van der Waals surface area contributed by atoms with E-state index in [1.165, 1.54) is 18.2 Å². The Hall–Kier alpha value is -2.54. The van der Waals surface area contributed by atoms with E-state index in [0.717, 1.165) is 25.0 Å². The summed E-state index contributed by atoms with van der Waals surface area (Å²) in [4.78, 5) is 12.2. The number of halogens is 3. The minimum atomic E-state index is -4.44. The molecule has 1 amide bonds. The van der Waals surface area contributed by atoms with E-state index >= 15 is 0 Å². The molecule has 0 aromatic heterocycles. The van der Waals surface area contributed by atoms with Gasteiger partial charge in [0.05, 0.1) is 11.7 Å². The van der Waals surface area contributed by atoms with Gasteiger partial charge in [-0.25, -0.2) is 0 Å². The summed E-state index contributed by atoms with van der Waals surface area (Å²) in [7, 11) is 0. The van der Waals surface area contributed by atoms with Crippen LogP contribution in [-0.2, 0) is 10.9 Å². The third-order valence-corrected chi connectivity index (χ3v) is 4.01. The van der Waals surface area contributed by atoms with Crippen molar-refractivity contribution < 1.29 is 27.4 Å². The Morgan fingerprint density at radius 1 is 1.15 bits per heavy atom. The van der Waals surface area contributed by atoms with E-state index in [2.05, 4.69) is 5.32 Å². The summed E-state index contributed by atoms with van der Waals surface area (Å²) >= 11 is 0. The van der Waals surface area contributed by atoms with Crippen LogP contribution in [0.15, 0.2) is 48.5 Å². The lowest BCUT2D eigenvalue weighted by atomic mass is 10.2. The molecule has 26 heavy (non-hydrogen) atoms. The third kappa shape index (κ3) is 4.76. The number of amides is 1. The SMILES string of the molecule is O=C(NC[C@@H]1CCCO1)c1cccc(Oc2cccc(C(F)(F)F)c2)c1. The largest absolute Gasteiger partial charge is 0.457 e. The van der Waals surface area contributed by atoms with Crippen LogP contribution in [0.5, 0.6) is 11.5 Å². The van der Waals surface area contributed by atoms with Gasteiger partial charge in [0.1, 0.15) is 11.5 Å². The number of benzene rings is 2. The molecule has 1 atom stereocenters. The molecule has 3 rings (SSSR count). The molecule has 1 saturated heterocycles. The van der Waals surface area contributed by atoms with Crippen molar-refractivity contribution in [1.29, 1.82) is 0 Å². The number of nitrogens with one attached hydrogen (secondary N) is 1. The van der Waals surface area contributed by atoms with Crippen molar-refractivity contribution in [1.82, 2.24) is 5.32 Å². The summed E-state index contributed by atoms with van der Waals surface area (Å²) in [6, 6.07) is 10.9. The Kier molecular flexibility index (Phi) is 5.46. The molecule has 1 heterocycles. The van der Waals surface area contributed by atoms with E-state index in [0.29, 0.717) is 18.7 Å². The van der Waals surface area contributed by atoms with Crippen LogP contribution in [0.3, 0.4) is 0 Å². The number of carbonyl (C=O) groups excluding carboxylic acids is 1. The maximum absolute atomic E-state index is 12.8. The van der Waals surface area contributed by atoms with Crippen LogP contribution in [0.1, 0.15) is 28.8 Å². The van der Waals surface area contributed by atoms with E-state index in [4.69, 9.17) is 9.47 Å². The first kappa shape index (κ1) is 18.3. The molecule has 0 radical (unpaired) electrons.